The molecule has 0 heterocycles. The summed E-state index contributed by atoms with van der Waals surface area (Å²) in [6.07, 6.45) is 0.331. The number of thiol groups is 1. The van der Waals surface area contributed by atoms with E-state index in [1.54, 1.807) is 0 Å². The number of carbonyl (C=O) groups excluding carboxylic acids is 1. The minimum atomic E-state index is -1.03. The maximum atomic E-state index is 10.8. The maximum absolute atomic E-state index is 10.8. The molecule has 0 aromatic rings. The monoisotopic (exact) mass is 255 g/mol. The number of amides is 1. The second-order valence-electron chi connectivity index (χ2n) is 2.10. The zero-order valence-corrected chi connectivity index (χ0v) is 8.77. The number of alkyl halides is 1. The van der Waals surface area contributed by atoms with Crippen LogP contribution in [-0.2, 0) is 9.59 Å². The molecular weight excluding hydrogens is 246 g/mol. The van der Waals surface area contributed by atoms with Crippen LogP contribution in [-0.4, -0.2) is 34.1 Å². The molecule has 1 amide bonds. The topological polar surface area (TPSA) is 66.4 Å². The minimum absolute atomic E-state index is 0.114. The van der Waals surface area contributed by atoms with Gasteiger partial charge in [-0.15, -0.1) is 0 Å². The number of aliphatic carboxylic acids is 1. The van der Waals surface area contributed by atoms with Crippen LogP contribution in [0.2, 0.25) is 0 Å². The first-order chi connectivity index (χ1) is 5.61. The van der Waals surface area contributed by atoms with Crippen molar-refractivity contribution in [3.8, 4) is 0 Å². The summed E-state index contributed by atoms with van der Waals surface area (Å²) in [5.41, 5.74) is 0. The Bertz CT molecular complexity index is 174. The lowest BCUT2D eigenvalue weighted by Gasteiger charge is -2.11. The van der Waals surface area contributed by atoms with Gasteiger partial charge in [0.15, 0.2) is 0 Å². The SMILES string of the molecule is O=C(CBr)N[C@H](CCS)C(=O)O. The van der Waals surface area contributed by atoms with Crippen molar-refractivity contribution >= 4 is 40.4 Å². The van der Waals surface area contributed by atoms with E-state index in [0.717, 1.165) is 0 Å². The number of carbonyl (C=O) groups is 2. The zero-order valence-electron chi connectivity index (χ0n) is 6.29. The second kappa shape index (κ2) is 6.30. The molecule has 0 unspecified atom stereocenters. The smallest absolute Gasteiger partial charge is 0.326 e. The highest BCUT2D eigenvalue weighted by Gasteiger charge is 2.17. The summed E-state index contributed by atoms with van der Waals surface area (Å²) >= 11 is 6.80. The average Bonchev–Trinajstić information content (AvgIpc) is 2.03. The minimum Gasteiger partial charge on any atom is -0.480 e. The predicted octanol–water partition coefficient (Wildman–Crippen LogP) is 0.271. The Morgan fingerprint density at radius 2 is 2.17 bits per heavy atom. The number of carboxylic acids is 1. The summed E-state index contributed by atoms with van der Waals surface area (Å²) in [4.78, 5) is 21.2. The molecule has 0 saturated carbocycles. The molecular formula is C6H10BrNO3S. The van der Waals surface area contributed by atoms with Gasteiger partial charge in [0.25, 0.3) is 0 Å². The highest BCUT2D eigenvalue weighted by molar-refractivity contribution is 9.09. The quantitative estimate of drug-likeness (QED) is 0.488. The fraction of sp³-hybridized carbons (Fsp3) is 0.667. The summed E-state index contributed by atoms with van der Waals surface area (Å²) in [5.74, 6) is -0.929. The van der Waals surface area contributed by atoms with Crippen LogP contribution >= 0.6 is 28.6 Å². The first-order valence-electron chi connectivity index (χ1n) is 3.30. The van der Waals surface area contributed by atoms with Gasteiger partial charge >= 0.3 is 5.97 Å². The Balaban J connectivity index is 3.95. The Kier molecular flexibility index (Phi) is 6.18. The van der Waals surface area contributed by atoms with E-state index in [0.29, 0.717) is 12.2 Å². The van der Waals surface area contributed by atoms with E-state index in [4.69, 9.17) is 5.11 Å². The van der Waals surface area contributed by atoms with Gasteiger partial charge in [0, 0.05) is 0 Å². The number of hydrogen-bond donors (Lipinski definition) is 3. The maximum Gasteiger partial charge on any atom is 0.326 e. The molecule has 0 aliphatic carbocycles. The second-order valence-corrected chi connectivity index (χ2v) is 3.11. The molecule has 0 bridgehead atoms. The van der Waals surface area contributed by atoms with E-state index in [1.165, 1.54) is 0 Å². The van der Waals surface area contributed by atoms with Gasteiger partial charge in [-0.2, -0.15) is 12.6 Å². The number of halogens is 1. The molecule has 0 radical (unpaired) electrons. The van der Waals surface area contributed by atoms with Crippen molar-refractivity contribution in [1.29, 1.82) is 0 Å². The van der Waals surface area contributed by atoms with Gasteiger partial charge < -0.3 is 10.4 Å². The molecule has 1 atom stereocenters. The van der Waals surface area contributed by atoms with Crippen molar-refractivity contribution in [2.45, 2.75) is 12.5 Å². The summed E-state index contributed by atoms with van der Waals surface area (Å²) in [6, 6.07) is -0.826. The highest BCUT2D eigenvalue weighted by Crippen LogP contribution is 1.95. The predicted molar refractivity (Wildman–Crippen MR) is 51.8 cm³/mol. The zero-order chi connectivity index (χ0) is 9.56. The molecule has 0 spiro atoms. The van der Waals surface area contributed by atoms with Crippen molar-refractivity contribution in [1.82, 2.24) is 5.32 Å². The lowest BCUT2D eigenvalue weighted by atomic mass is 10.2. The van der Waals surface area contributed by atoms with Crippen LogP contribution in [0.1, 0.15) is 6.42 Å². The van der Waals surface area contributed by atoms with Crippen molar-refractivity contribution in [3.63, 3.8) is 0 Å². The van der Waals surface area contributed by atoms with Gasteiger partial charge in [-0.1, -0.05) is 15.9 Å². The molecule has 2 N–H and O–H groups in total. The Labute approximate surface area is 84.3 Å². The fourth-order valence-electron chi connectivity index (χ4n) is 0.619. The van der Waals surface area contributed by atoms with E-state index in [2.05, 4.69) is 33.9 Å². The molecule has 6 heteroatoms. The summed E-state index contributed by atoms with van der Waals surface area (Å²) in [7, 11) is 0. The lowest BCUT2D eigenvalue weighted by molar-refractivity contribution is -0.141. The molecule has 0 aliphatic heterocycles. The van der Waals surface area contributed by atoms with E-state index < -0.39 is 12.0 Å². The third-order valence-electron chi connectivity index (χ3n) is 1.17. The van der Waals surface area contributed by atoms with Crippen LogP contribution in [0.25, 0.3) is 0 Å². The Morgan fingerprint density at radius 1 is 1.58 bits per heavy atom. The van der Waals surface area contributed by atoms with E-state index in [9.17, 15) is 9.59 Å². The van der Waals surface area contributed by atoms with Gasteiger partial charge in [-0.25, -0.2) is 4.79 Å². The lowest BCUT2D eigenvalue weighted by Crippen LogP contribution is -2.41. The molecule has 0 aromatic heterocycles. The molecule has 0 rings (SSSR count). The summed E-state index contributed by atoms with van der Waals surface area (Å²) in [6.45, 7) is 0. The van der Waals surface area contributed by atoms with Crippen LogP contribution < -0.4 is 5.32 Å². The largest absolute Gasteiger partial charge is 0.480 e. The van der Waals surface area contributed by atoms with Crippen molar-refractivity contribution < 1.29 is 14.7 Å². The van der Waals surface area contributed by atoms with Crippen molar-refractivity contribution in [2.75, 3.05) is 11.1 Å². The standard InChI is InChI=1S/C6H10BrNO3S/c7-3-5(9)8-4(1-2-12)6(10)11/h4,12H,1-3H2,(H,8,9)(H,10,11)/t4-/m1/s1. The van der Waals surface area contributed by atoms with Crippen molar-refractivity contribution in [3.05, 3.63) is 0 Å². The Hall–Kier alpha value is -0.230. The van der Waals surface area contributed by atoms with E-state index in [-0.39, 0.29) is 11.2 Å². The van der Waals surface area contributed by atoms with Gasteiger partial charge in [0.05, 0.1) is 5.33 Å². The molecule has 12 heavy (non-hydrogen) atoms. The number of nitrogens with one attached hydrogen (secondary N) is 1. The molecule has 0 saturated heterocycles. The number of hydrogen-bond acceptors (Lipinski definition) is 3. The van der Waals surface area contributed by atoms with Gasteiger partial charge in [-0.3, -0.25) is 4.79 Å². The molecule has 70 valence electrons. The van der Waals surface area contributed by atoms with Crippen LogP contribution in [0.4, 0.5) is 0 Å². The third kappa shape index (κ3) is 4.61. The number of rotatable bonds is 5. The third-order valence-corrected chi connectivity index (χ3v) is 1.94. The van der Waals surface area contributed by atoms with Crippen LogP contribution in [0.15, 0.2) is 0 Å². The van der Waals surface area contributed by atoms with Gasteiger partial charge in [-0.05, 0) is 12.2 Å². The molecule has 0 aliphatic rings. The fourth-order valence-corrected chi connectivity index (χ4v) is 1.04. The molecule has 0 fully saturated rings. The van der Waals surface area contributed by atoms with Gasteiger partial charge in [0.1, 0.15) is 6.04 Å². The van der Waals surface area contributed by atoms with Crippen molar-refractivity contribution in [2.24, 2.45) is 0 Å². The van der Waals surface area contributed by atoms with Crippen LogP contribution in [0, 0.1) is 0 Å². The molecule has 0 aromatic carbocycles. The normalized spacial score (nSPS) is 12.2. The average molecular weight is 256 g/mol. The van der Waals surface area contributed by atoms with Gasteiger partial charge in [0.2, 0.25) is 5.91 Å². The summed E-state index contributed by atoms with van der Waals surface area (Å²) in [5, 5.41) is 11.0. The Morgan fingerprint density at radius 3 is 2.50 bits per heavy atom. The highest BCUT2D eigenvalue weighted by atomic mass is 79.9. The van der Waals surface area contributed by atoms with E-state index in [1.807, 2.05) is 0 Å². The first-order valence-corrected chi connectivity index (χ1v) is 5.06. The van der Waals surface area contributed by atoms with E-state index >= 15 is 0 Å². The van der Waals surface area contributed by atoms with Crippen LogP contribution in [0.3, 0.4) is 0 Å². The first kappa shape index (κ1) is 11.8. The molecule has 4 nitrogen and oxygen atoms in total. The number of carboxylic acid groups (broad SMARTS) is 1. The summed E-state index contributed by atoms with van der Waals surface area (Å²) < 4.78 is 0. The van der Waals surface area contributed by atoms with Crippen LogP contribution in [0.5, 0.6) is 0 Å².